The topological polar surface area (TPSA) is 151 Å². The lowest BCUT2D eigenvalue weighted by Gasteiger charge is -2.10. The Bertz CT molecular complexity index is 959. The summed E-state index contributed by atoms with van der Waals surface area (Å²) < 4.78 is 0. The monoisotopic (exact) mass is 378 g/mol. The minimum absolute atomic E-state index is 0.153. The van der Waals surface area contributed by atoms with E-state index in [1.165, 1.54) is 25.2 Å². The first-order valence-electron chi connectivity index (χ1n) is 7.83. The van der Waals surface area contributed by atoms with Crippen LogP contribution in [-0.2, 0) is 0 Å². The van der Waals surface area contributed by atoms with Crippen molar-refractivity contribution in [2.75, 3.05) is 14.1 Å². The highest BCUT2D eigenvalue weighted by Crippen LogP contribution is 2.10. The smallest absolute Gasteiger partial charge is 0.202 e. The minimum atomic E-state index is 0.153. The number of rotatable bonds is 6. The lowest BCUT2D eigenvalue weighted by atomic mass is 10.4. The van der Waals surface area contributed by atoms with Crippen molar-refractivity contribution < 1.29 is 0 Å². The summed E-state index contributed by atoms with van der Waals surface area (Å²) in [6.07, 6.45) is 5.53. The maximum atomic E-state index is 4.39. The first-order chi connectivity index (χ1) is 13.6. The number of aromatic nitrogens is 6. The normalized spacial score (nSPS) is 12.9. The van der Waals surface area contributed by atoms with E-state index in [0.717, 1.165) is 0 Å². The highest BCUT2D eigenvalue weighted by molar-refractivity contribution is 6.03. The predicted molar refractivity (Wildman–Crippen MR) is 108 cm³/mol. The molecule has 0 saturated heterocycles. The van der Waals surface area contributed by atoms with Gasteiger partial charge in [-0.25, -0.2) is 39.9 Å². The zero-order chi connectivity index (χ0) is 20.4. The van der Waals surface area contributed by atoms with Crippen LogP contribution in [0.5, 0.6) is 0 Å². The standard InChI is InChI=1S/C16H18N12/c1-10(6-17-2)25-12(20-5)15-26-14(11(19-4)22-7-18-3)27-16(28-15)13-23-8-21-9-24-13/h6-9H,2,4H2,1,3,5H3,(H,20,25)/b10-6-,18-7?,22-11?. The van der Waals surface area contributed by atoms with Crippen LogP contribution in [0.3, 0.4) is 0 Å². The van der Waals surface area contributed by atoms with Crippen LogP contribution >= 0.6 is 0 Å². The molecule has 0 bridgehead atoms. The van der Waals surface area contributed by atoms with Crippen LogP contribution in [0.2, 0.25) is 0 Å². The van der Waals surface area contributed by atoms with E-state index >= 15 is 0 Å². The third kappa shape index (κ3) is 5.20. The van der Waals surface area contributed by atoms with E-state index in [1.807, 2.05) is 0 Å². The van der Waals surface area contributed by atoms with Gasteiger partial charge in [0.2, 0.25) is 17.5 Å². The number of aliphatic imine (C=N–C) groups is 5. The molecule has 2 rings (SSSR count). The zero-order valence-corrected chi connectivity index (χ0v) is 15.6. The second-order valence-corrected chi connectivity index (χ2v) is 4.94. The molecular weight excluding hydrogens is 360 g/mol. The molecule has 2 aromatic rings. The van der Waals surface area contributed by atoms with Crippen molar-refractivity contribution in [2.24, 2.45) is 25.0 Å². The van der Waals surface area contributed by atoms with E-state index in [0.29, 0.717) is 11.5 Å². The largest absolute Gasteiger partial charge is 0.340 e. The molecule has 0 radical (unpaired) electrons. The van der Waals surface area contributed by atoms with Crippen molar-refractivity contribution in [3.05, 3.63) is 36.2 Å². The summed E-state index contributed by atoms with van der Waals surface area (Å²) in [4.78, 5) is 44.7. The molecule has 0 amide bonds. The van der Waals surface area contributed by atoms with Gasteiger partial charge in [0, 0.05) is 26.0 Å². The van der Waals surface area contributed by atoms with Crippen molar-refractivity contribution in [3.8, 4) is 11.6 Å². The molecule has 0 unspecified atom stereocenters. The third-order valence-electron chi connectivity index (χ3n) is 3.01. The highest BCUT2D eigenvalue weighted by atomic mass is 15.2. The van der Waals surface area contributed by atoms with Crippen LogP contribution in [0.1, 0.15) is 18.6 Å². The number of nitrogens with zero attached hydrogens (tertiary/aromatic N) is 11. The van der Waals surface area contributed by atoms with Crippen molar-refractivity contribution in [2.45, 2.75) is 6.92 Å². The number of amidine groups is 2. The fraction of sp³-hybridized carbons (Fsp3) is 0.188. The van der Waals surface area contributed by atoms with E-state index in [-0.39, 0.29) is 29.1 Å². The molecule has 0 aliphatic rings. The maximum Gasteiger partial charge on any atom is 0.202 e. The molecule has 2 aromatic heterocycles. The Morgan fingerprint density at radius 2 is 1.75 bits per heavy atom. The van der Waals surface area contributed by atoms with Gasteiger partial charge < -0.3 is 5.32 Å². The summed E-state index contributed by atoms with van der Waals surface area (Å²) in [5, 5.41) is 3.05. The summed E-state index contributed by atoms with van der Waals surface area (Å²) in [7, 11) is 3.17. The van der Waals surface area contributed by atoms with Crippen LogP contribution in [0, 0.1) is 0 Å². The second kappa shape index (κ2) is 10.2. The summed E-state index contributed by atoms with van der Waals surface area (Å²) in [6.45, 7) is 8.72. The average molecular weight is 378 g/mol. The molecule has 0 aliphatic heterocycles. The molecule has 28 heavy (non-hydrogen) atoms. The average Bonchev–Trinajstić information content (AvgIpc) is 2.73. The molecule has 0 saturated carbocycles. The number of hydrogen-bond donors (Lipinski definition) is 1. The number of nitrogens with one attached hydrogen (secondary N) is 1. The van der Waals surface area contributed by atoms with E-state index in [1.54, 1.807) is 21.0 Å². The highest BCUT2D eigenvalue weighted by Gasteiger charge is 2.17. The van der Waals surface area contributed by atoms with E-state index in [4.69, 9.17) is 0 Å². The molecule has 2 heterocycles. The van der Waals surface area contributed by atoms with Crippen molar-refractivity contribution in [1.82, 2.24) is 35.2 Å². The summed E-state index contributed by atoms with van der Waals surface area (Å²) >= 11 is 0. The summed E-state index contributed by atoms with van der Waals surface area (Å²) in [6, 6.07) is 0. The summed E-state index contributed by atoms with van der Waals surface area (Å²) in [5.74, 6) is 1.34. The fourth-order valence-electron chi connectivity index (χ4n) is 1.89. The molecule has 1 N–H and O–H groups in total. The second-order valence-electron chi connectivity index (χ2n) is 4.94. The molecule has 12 nitrogen and oxygen atoms in total. The van der Waals surface area contributed by atoms with Gasteiger partial charge in [-0.15, -0.1) is 0 Å². The van der Waals surface area contributed by atoms with Gasteiger partial charge in [0.1, 0.15) is 19.0 Å². The quantitative estimate of drug-likeness (QED) is 0.562. The minimum Gasteiger partial charge on any atom is -0.340 e. The van der Waals surface area contributed by atoms with Crippen molar-refractivity contribution >= 4 is 31.4 Å². The van der Waals surface area contributed by atoms with Gasteiger partial charge in [0.25, 0.3) is 0 Å². The SMILES string of the molecule is C=N/C=C(/C)NC(=NC)c1nc(C(N=C)=NC=NC)nc(-c2ncncn2)n1. The molecule has 0 aliphatic carbocycles. The fourth-order valence-corrected chi connectivity index (χ4v) is 1.89. The van der Waals surface area contributed by atoms with Crippen LogP contribution in [0.4, 0.5) is 0 Å². The lowest BCUT2D eigenvalue weighted by molar-refractivity contribution is 0.948. The van der Waals surface area contributed by atoms with Crippen LogP contribution < -0.4 is 5.32 Å². The number of hydrogen-bond acceptors (Lipinski definition) is 9. The van der Waals surface area contributed by atoms with Crippen molar-refractivity contribution in [1.29, 1.82) is 0 Å². The van der Waals surface area contributed by atoms with Crippen LogP contribution in [0.15, 0.2) is 49.5 Å². The Labute approximate surface area is 161 Å². The molecule has 0 spiro atoms. The van der Waals surface area contributed by atoms with Gasteiger partial charge >= 0.3 is 0 Å². The Morgan fingerprint density at radius 3 is 2.36 bits per heavy atom. The van der Waals surface area contributed by atoms with Gasteiger partial charge in [-0.2, -0.15) is 0 Å². The van der Waals surface area contributed by atoms with Gasteiger partial charge in [-0.3, -0.25) is 15.0 Å². The van der Waals surface area contributed by atoms with E-state index in [2.05, 4.69) is 73.6 Å². The van der Waals surface area contributed by atoms with Gasteiger partial charge in [0.15, 0.2) is 17.5 Å². The van der Waals surface area contributed by atoms with Gasteiger partial charge in [0.05, 0.1) is 0 Å². The van der Waals surface area contributed by atoms with Crippen molar-refractivity contribution in [3.63, 3.8) is 0 Å². The predicted octanol–water partition coefficient (Wildman–Crippen LogP) is 0.357. The Balaban J connectivity index is 2.64. The molecule has 12 heteroatoms. The molecule has 0 fully saturated rings. The van der Waals surface area contributed by atoms with Crippen LogP contribution in [0.25, 0.3) is 11.6 Å². The number of allylic oxidation sites excluding steroid dienone is 1. The Hall–Kier alpha value is -4.09. The lowest BCUT2D eigenvalue weighted by Crippen LogP contribution is -2.26. The molecule has 0 aromatic carbocycles. The first-order valence-corrected chi connectivity index (χ1v) is 7.83. The molecular formula is C16H18N12. The zero-order valence-electron chi connectivity index (χ0n) is 15.6. The molecule has 0 atom stereocenters. The van der Waals surface area contributed by atoms with Gasteiger partial charge in [-0.1, -0.05) is 0 Å². The van der Waals surface area contributed by atoms with Crippen LogP contribution in [-0.4, -0.2) is 75.4 Å². The van der Waals surface area contributed by atoms with Gasteiger partial charge in [-0.05, 0) is 20.4 Å². The third-order valence-corrected chi connectivity index (χ3v) is 3.01. The first kappa shape index (κ1) is 20.2. The molecule has 142 valence electrons. The Kier molecular flexibility index (Phi) is 7.33. The van der Waals surface area contributed by atoms with E-state index < -0.39 is 0 Å². The summed E-state index contributed by atoms with van der Waals surface area (Å²) in [5.41, 5.74) is 0.688. The maximum absolute atomic E-state index is 4.39. The van der Waals surface area contributed by atoms with E-state index in [9.17, 15) is 0 Å². The Morgan fingerprint density at radius 1 is 1.04 bits per heavy atom.